The zero-order chi connectivity index (χ0) is 16.0. The van der Waals surface area contributed by atoms with Crippen molar-refractivity contribution >= 4 is 0 Å². The third-order valence-electron chi connectivity index (χ3n) is 5.46. The number of rotatable bonds is 3. The standard InChI is InChI=1S/C20H25N3/c1-13(2)16-6-4-15(5-7-16)12-23-17-8-9-20(23)18-11-21-14(3)22-19(18)10-17/h4-7,11,13,17,20H,8-10,12H2,1-3H3. The molecule has 0 aliphatic carbocycles. The van der Waals surface area contributed by atoms with Gasteiger partial charge in [-0.1, -0.05) is 38.1 Å². The minimum Gasteiger partial charge on any atom is -0.289 e. The van der Waals surface area contributed by atoms with Crippen LogP contribution in [0.15, 0.2) is 30.5 Å². The first-order valence-corrected chi connectivity index (χ1v) is 8.79. The summed E-state index contributed by atoms with van der Waals surface area (Å²) >= 11 is 0. The van der Waals surface area contributed by atoms with Gasteiger partial charge >= 0.3 is 0 Å². The molecule has 0 radical (unpaired) electrons. The average molecular weight is 307 g/mol. The molecule has 4 rings (SSSR count). The molecule has 1 saturated heterocycles. The average Bonchev–Trinajstić information content (AvgIpc) is 2.81. The van der Waals surface area contributed by atoms with E-state index in [1.165, 1.54) is 35.2 Å². The van der Waals surface area contributed by atoms with Crippen LogP contribution in [0, 0.1) is 6.92 Å². The van der Waals surface area contributed by atoms with Crippen LogP contribution >= 0.6 is 0 Å². The number of aromatic nitrogens is 2. The van der Waals surface area contributed by atoms with E-state index in [-0.39, 0.29) is 0 Å². The fraction of sp³-hybridized carbons (Fsp3) is 0.500. The lowest BCUT2D eigenvalue weighted by Gasteiger charge is -2.35. The Bertz CT molecular complexity index is 705. The molecule has 0 saturated carbocycles. The number of fused-ring (bicyclic) bond motifs is 4. The quantitative estimate of drug-likeness (QED) is 0.852. The minimum absolute atomic E-state index is 0.508. The highest BCUT2D eigenvalue weighted by Gasteiger charge is 2.40. The van der Waals surface area contributed by atoms with Gasteiger partial charge in [-0.25, -0.2) is 9.97 Å². The molecule has 0 spiro atoms. The molecule has 3 heterocycles. The molecular formula is C20H25N3. The first-order valence-electron chi connectivity index (χ1n) is 8.79. The normalized spacial score (nSPS) is 23.3. The van der Waals surface area contributed by atoms with Gasteiger partial charge in [0, 0.05) is 36.8 Å². The molecule has 3 heteroatoms. The molecule has 2 aliphatic rings. The molecule has 3 nitrogen and oxygen atoms in total. The summed E-state index contributed by atoms with van der Waals surface area (Å²) in [5.41, 5.74) is 5.49. The van der Waals surface area contributed by atoms with Crippen molar-refractivity contribution in [2.24, 2.45) is 0 Å². The van der Waals surface area contributed by atoms with Gasteiger partial charge < -0.3 is 0 Å². The van der Waals surface area contributed by atoms with E-state index >= 15 is 0 Å². The Morgan fingerprint density at radius 2 is 1.96 bits per heavy atom. The van der Waals surface area contributed by atoms with Gasteiger partial charge in [0.15, 0.2) is 0 Å². The van der Waals surface area contributed by atoms with Crippen molar-refractivity contribution in [1.82, 2.24) is 14.9 Å². The summed E-state index contributed by atoms with van der Waals surface area (Å²) in [6.45, 7) is 7.53. The Kier molecular flexibility index (Phi) is 3.68. The van der Waals surface area contributed by atoms with Crippen LogP contribution in [-0.2, 0) is 13.0 Å². The fourth-order valence-corrected chi connectivity index (χ4v) is 4.14. The number of benzene rings is 1. The smallest absolute Gasteiger partial charge is 0.125 e. The third kappa shape index (κ3) is 2.67. The van der Waals surface area contributed by atoms with Crippen LogP contribution in [0.1, 0.15) is 66.9 Å². The zero-order valence-corrected chi connectivity index (χ0v) is 14.3. The Labute approximate surface area is 138 Å². The second kappa shape index (κ2) is 5.72. The monoisotopic (exact) mass is 307 g/mol. The van der Waals surface area contributed by atoms with Crippen molar-refractivity contribution in [3.63, 3.8) is 0 Å². The highest BCUT2D eigenvalue weighted by atomic mass is 15.2. The Balaban J connectivity index is 1.57. The molecule has 1 aromatic carbocycles. The SMILES string of the molecule is Cc1ncc2c(n1)CC1CCC2N1Cc1ccc(C(C)C)cc1. The molecule has 1 fully saturated rings. The van der Waals surface area contributed by atoms with Crippen LogP contribution in [0.4, 0.5) is 0 Å². The molecular weight excluding hydrogens is 282 g/mol. The van der Waals surface area contributed by atoms with Crippen LogP contribution < -0.4 is 0 Å². The fourth-order valence-electron chi connectivity index (χ4n) is 4.14. The van der Waals surface area contributed by atoms with E-state index in [1.807, 2.05) is 6.92 Å². The van der Waals surface area contributed by atoms with Gasteiger partial charge in [-0.3, -0.25) is 4.90 Å². The summed E-state index contributed by atoms with van der Waals surface area (Å²) < 4.78 is 0. The van der Waals surface area contributed by atoms with E-state index in [0.717, 1.165) is 18.8 Å². The minimum atomic E-state index is 0.508. The molecule has 2 aliphatic heterocycles. The van der Waals surface area contributed by atoms with Crippen molar-refractivity contribution in [2.45, 2.75) is 64.6 Å². The van der Waals surface area contributed by atoms with Gasteiger partial charge in [-0.15, -0.1) is 0 Å². The molecule has 2 bridgehead atoms. The first-order chi connectivity index (χ1) is 11.1. The highest BCUT2D eigenvalue weighted by Crippen LogP contribution is 2.43. The summed E-state index contributed by atoms with van der Waals surface area (Å²) in [5.74, 6) is 1.50. The van der Waals surface area contributed by atoms with Crippen LogP contribution in [0.2, 0.25) is 0 Å². The van der Waals surface area contributed by atoms with Gasteiger partial charge in [-0.2, -0.15) is 0 Å². The van der Waals surface area contributed by atoms with Gasteiger partial charge in [0.1, 0.15) is 5.82 Å². The number of nitrogens with zero attached hydrogens (tertiary/aromatic N) is 3. The Morgan fingerprint density at radius 3 is 2.70 bits per heavy atom. The van der Waals surface area contributed by atoms with Crippen molar-refractivity contribution in [1.29, 1.82) is 0 Å². The second-order valence-electron chi connectivity index (χ2n) is 7.34. The van der Waals surface area contributed by atoms with Crippen LogP contribution in [0.3, 0.4) is 0 Å². The second-order valence-corrected chi connectivity index (χ2v) is 7.34. The van der Waals surface area contributed by atoms with E-state index in [2.05, 4.69) is 59.2 Å². The van der Waals surface area contributed by atoms with Crippen LogP contribution in [0.25, 0.3) is 0 Å². The highest BCUT2D eigenvalue weighted by molar-refractivity contribution is 5.30. The summed E-state index contributed by atoms with van der Waals surface area (Å²) in [4.78, 5) is 11.8. The molecule has 120 valence electrons. The molecule has 1 aromatic heterocycles. The Hall–Kier alpha value is -1.74. The predicted molar refractivity (Wildman–Crippen MR) is 92.3 cm³/mol. The van der Waals surface area contributed by atoms with Gasteiger partial charge in [0.25, 0.3) is 0 Å². The zero-order valence-electron chi connectivity index (χ0n) is 14.3. The van der Waals surface area contributed by atoms with Crippen LogP contribution in [-0.4, -0.2) is 20.9 Å². The van der Waals surface area contributed by atoms with Crippen molar-refractivity contribution in [3.8, 4) is 0 Å². The topological polar surface area (TPSA) is 29.0 Å². The van der Waals surface area contributed by atoms with E-state index in [1.54, 1.807) is 0 Å². The van der Waals surface area contributed by atoms with Crippen molar-refractivity contribution in [3.05, 3.63) is 58.7 Å². The molecule has 0 amide bonds. The predicted octanol–water partition coefficient (Wildman–Crippen LogP) is 4.17. The maximum Gasteiger partial charge on any atom is 0.125 e. The lowest BCUT2D eigenvalue weighted by molar-refractivity contribution is 0.166. The lowest BCUT2D eigenvalue weighted by atomic mass is 9.97. The number of hydrogen-bond donors (Lipinski definition) is 0. The van der Waals surface area contributed by atoms with E-state index in [0.29, 0.717) is 18.0 Å². The summed E-state index contributed by atoms with van der Waals surface area (Å²) in [7, 11) is 0. The van der Waals surface area contributed by atoms with Crippen molar-refractivity contribution in [2.75, 3.05) is 0 Å². The summed E-state index contributed by atoms with van der Waals surface area (Å²) in [5, 5.41) is 0. The van der Waals surface area contributed by atoms with E-state index in [9.17, 15) is 0 Å². The molecule has 2 atom stereocenters. The first kappa shape index (κ1) is 14.8. The van der Waals surface area contributed by atoms with E-state index in [4.69, 9.17) is 0 Å². The maximum atomic E-state index is 4.69. The van der Waals surface area contributed by atoms with Crippen LogP contribution in [0.5, 0.6) is 0 Å². The molecule has 2 unspecified atom stereocenters. The van der Waals surface area contributed by atoms with Gasteiger partial charge in [-0.05, 0) is 36.8 Å². The largest absolute Gasteiger partial charge is 0.289 e. The molecule has 0 N–H and O–H groups in total. The van der Waals surface area contributed by atoms with Crippen molar-refractivity contribution < 1.29 is 0 Å². The Morgan fingerprint density at radius 1 is 1.17 bits per heavy atom. The lowest BCUT2D eigenvalue weighted by Crippen LogP contribution is -2.37. The third-order valence-corrected chi connectivity index (χ3v) is 5.46. The van der Waals surface area contributed by atoms with Gasteiger partial charge in [0.2, 0.25) is 0 Å². The summed E-state index contributed by atoms with van der Waals surface area (Å²) in [6, 6.07) is 10.3. The molecule has 23 heavy (non-hydrogen) atoms. The maximum absolute atomic E-state index is 4.69. The van der Waals surface area contributed by atoms with E-state index < -0.39 is 0 Å². The number of aryl methyl sites for hydroxylation is 1. The molecule has 2 aromatic rings. The number of hydrogen-bond acceptors (Lipinski definition) is 3. The summed E-state index contributed by atoms with van der Waals surface area (Å²) in [6.07, 6.45) is 5.68. The van der Waals surface area contributed by atoms with Gasteiger partial charge in [0.05, 0.1) is 5.69 Å².